The fourth-order valence-corrected chi connectivity index (χ4v) is 14.6. The molecule has 12 rings (SSSR count). The molecule has 0 aliphatic heterocycles. The van der Waals surface area contributed by atoms with Gasteiger partial charge < -0.3 is 29.5 Å². The van der Waals surface area contributed by atoms with Gasteiger partial charge in [-0.15, -0.1) is 0 Å². The zero-order valence-electron chi connectivity index (χ0n) is 53.6. The Morgan fingerprint density at radius 1 is 0.253 bits per heavy atom. The van der Waals surface area contributed by atoms with Crippen LogP contribution in [0.1, 0.15) is 152 Å². The predicted octanol–water partition coefficient (Wildman–Crippen LogP) is 13.5. The molecule has 0 amide bonds. The number of rotatable bonds is 24. The number of aromatic carboxylic acids is 3. The van der Waals surface area contributed by atoms with E-state index in [0.717, 1.165) is 33.4 Å². The molecule has 99 heavy (non-hydrogen) atoms. The second-order valence-electron chi connectivity index (χ2n) is 24.5. The Balaban J connectivity index is 0.000000161. The molecule has 9 aromatic carbocycles. The third-order valence-electron chi connectivity index (χ3n) is 19.1. The van der Waals surface area contributed by atoms with Crippen molar-refractivity contribution >= 4 is 72.0 Å². The number of benzene rings is 9. The van der Waals surface area contributed by atoms with E-state index < -0.39 is 53.4 Å². The summed E-state index contributed by atoms with van der Waals surface area (Å²) in [6.45, 7) is 5.43. The van der Waals surface area contributed by atoms with Gasteiger partial charge in [0.05, 0.1) is 16.7 Å². The van der Waals surface area contributed by atoms with Crippen LogP contribution >= 0.6 is 0 Å². The van der Waals surface area contributed by atoms with Crippen LogP contribution in [0.25, 0.3) is 0 Å². The van der Waals surface area contributed by atoms with Crippen LogP contribution in [-0.2, 0) is 28.8 Å². The molecule has 0 radical (unpaired) electrons. The number of hydrogen-bond acceptors (Lipinski definition) is 15. The lowest BCUT2D eigenvalue weighted by molar-refractivity contribution is -0.128. The molecule has 18 nitrogen and oxygen atoms in total. The van der Waals surface area contributed by atoms with Crippen LogP contribution in [-0.4, -0.2) is 87.3 Å². The van der Waals surface area contributed by atoms with Crippen molar-refractivity contribution in [3.63, 3.8) is 0 Å². The molecule has 9 aromatic rings. The van der Waals surface area contributed by atoms with Gasteiger partial charge >= 0.3 is 17.9 Å². The Bertz CT molecular complexity index is 4000. The lowest BCUT2D eigenvalue weighted by Gasteiger charge is -2.51. The Hall–Kier alpha value is -12.2. The van der Waals surface area contributed by atoms with E-state index in [1.54, 1.807) is 109 Å². The van der Waals surface area contributed by atoms with E-state index in [0.29, 0.717) is 53.4 Å². The van der Waals surface area contributed by atoms with E-state index in [9.17, 15) is 72.9 Å². The summed E-state index contributed by atoms with van der Waals surface area (Å²) in [6, 6.07) is 67.1. The number of carbonyl (C=O) groups excluding carboxylic acids is 9. The van der Waals surface area contributed by atoms with Crippen molar-refractivity contribution in [1.82, 2.24) is 0 Å². The minimum Gasteiger partial charge on any atom is -0.478 e. The van der Waals surface area contributed by atoms with Gasteiger partial charge in [0.25, 0.3) is 19.4 Å². The number of carboxylic acid groups (broad SMARTS) is 3. The van der Waals surface area contributed by atoms with Gasteiger partial charge in [0.2, 0.25) is 0 Å². The zero-order chi connectivity index (χ0) is 70.6. The highest BCUT2D eigenvalue weighted by atomic mass is 16.5. The average Bonchev–Trinajstić information content (AvgIpc) is 0.736. The monoisotopic (exact) mass is 1330 g/mol. The van der Waals surface area contributed by atoms with Crippen molar-refractivity contribution in [3.8, 4) is 17.2 Å². The second-order valence-corrected chi connectivity index (χ2v) is 24.5. The van der Waals surface area contributed by atoms with Crippen molar-refractivity contribution in [2.45, 2.75) is 56.3 Å². The number of carboxylic acids is 3. The highest BCUT2D eigenvalue weighted by Crippen LogP contribution is 2.62. The van der Waals surface area contributed by atoms with Crippen LogP contribution in [0.2, 0.25) is 0 Å². The van der Waals surface area contributed by atoms with Gasteiger partial charge in [-0.25, -0.2) is 14.4 Å². The quantitative estimate of drug-likeness (QED) is 0.0374. The van der Waals surface area contributed by atoms with Crippen molar-refractivity contribution in [2.75, 3.05) is 0 Å². The van der Waals surface area contributed by atoms with Gasteiger partial charge in [-0.05, 0) is 163 Å². The molecule has 0 heterocycles. The highest BCUT2D eigenvalue weighted by molar-refractivity contribution is 6.05. The van der Waals surface area contributed by atoms with Crippen molar-refractivity contribution in [2.24, 2.45) is 35.5 Å². The summed E-state index contributed by atoms with van der Waals surface area (Å²) in [4.78, 5) is 144. The molecule has 0 saturated heterocycles. The highest BCUT2D eigenvalue weighted by Gasteiger charge is 2.59. The average molecular weight is 1330 g/mol. The molecule has 1 unspecified atom stereocenters. The van der Waals surface area contributed by atoms with E-state index in [1.165, 1.54) is 57.2 Å². The zero-order valence-corrected chi connectivity index (χ0v) is 53.6. The number of carbonyl (C=O) groups is 12. The van der Waals surface area contributed by atoms with E-state index in [4.69, 9.17) is 14.2 Å². The van der Waals surface area contributed by atoms with Crippen molar-refractivity contribution in [1.29, 1.82) is 0 Å². The fraction of sp³-hybridized carbons (Fsp3) is 0.185. The Labute approximate surface area is 568 Å². The van der Waals surface area contributed by atoms with Gasteiger partial charge in [0.15, 0.2) is 17.3 Å². The van der Waals surface area contributed by atoms with E-state index >= 15 is 0 Å². The first-order valence-corrected chi connectivity index (χ1v) is 31.7. The molecule has 12 atom stereocenters. The van der Waals surface area contributed by atoms with Crippen LogP contribution in [0, 0.1) is 35.5 Å². The summed E-state index contributed by atoms with van der Waals surface area (Å²) in [5.41, 5.74) is 7.12. The first-order chi connectivity index (χ1) is 47.8. The van der Waals surface area contributed by atoms with Crippen molar-refractivity contribution in [3.05, 3.63) is 303 Å². The van der Waals surface area contributed by atoms with Crippen LogP contribution < -0.4 is 14.2 Å². The summed E-state index contributed by atoms with van der Waals surface area (Å²) in [5, 5.41) is 27.7. The van der Waals surface area contributed by atoms with Crippen LogP contribution in [0.5, 0.6) is 17.2 Å². The molecule has 3 N–H and O–H groups in total. The minimum absolute atomic E-state index is 0.0891. The van der Waals surface area contributed by atoms with Gasteiger partial charge in [0, 0.05) is 87.7 Å². The molecule has 0 aromatic heterocycles. The molecule has 3 aliphatic rings. The minimum atomic E-state index is -1.02. The summed E-state index contributed by atoms with van der Waals surface area (Å²) in [6.07, 6.45) is 0. The van der Waals surface area contributed by atoms with Crippen molar-refractivity contribution < 1.29 is 87.1 Å². The molecular formula is C81H66O18. The van der Waals surface area contributed by atoms with Gasteiger partial charge in [-0.2, -0.15) is 0 Å². The van der Waals surface area contributed by atoms with Gasteiger partial charge in [-0.3, -0.25) is 43.2 Å². The Morgan fingerprint density at radius 2 is 0.434 bits per heavy atom. The standard InChI is InChI=1S/3C27H22O6/c3*1-16(29)22-23(18-7-9-20(10-8-18)27(31)32)24(17-5-3-2-4-6-17)25(22)26(30)19-11-13-21(14-12-19)33-15-28/h3*2-15,22-25H,1H3,(H,31,32)/t2*22-,23-,24+,25+;22-,23-,24-,25?/m110/s1. The second kappa shape index (κ2) is 31.1. The van der Waals surface area contributed by atoms with Gasteiger partial charge in [0.1, 0.15) is 34.6 Å². The molecule has 3 aliphatic carbocycles. The number of ketones is 6. The molecule has 3 fully saturated rings. The Kier molecular flexibility index (Phi) is 21.9. The Morgan fingerprint density at radius 3 is 0.616 bits per heavy atom. The largest absolute Gasteiger partial charge is 0.478 e. The molecule has 0 spiro atoms. The summed E-state index contributed by atoms with van der Waals surface area (Å²) < 4.78 is 14.4. The molecule has 498 valence electrons. The summed E-state index contributed by atoms with van der Waals surface area (Å²) >= 11 is 0. The molecule has 18 heteroatoms. The summed E-state index contributed by atoms with van der Waals surface area (Å²) in [5.74, 6) is -7.58. The number of Topliss-reactive ketones (excluding diaryl/α,β-unsaturated/α-hetero) is 6. The lowest BCUT2D eigenvalue weighted by atomic mass is 9.50. The third kappa shape index (κ3) is 15.0. The van der Waals surface area contributed by atoms with E-state index in [1.807, 2.05) is 91.0 Å². The lowest BCUT2D eigenvalue weighted by Crippen LogP contribution is -2.50. The fourth-order valence-electron chi connectivity index (χ4n) is 14.6. The molecular weight excluding hydrogens is 1260 g/mol. The maximum Gasteiger partial charge on any atom is 0.335 e. The smallest absolute Gasteiger partial charge is 0.335 e. The first kappa shape index (κ1) is 69.6. The van der Waals surface area contributed by atoms with Gasteiger partial charge in [-0.1, -0.05) is 127 Å². The number of hydrogen-bond donors (Lipinski definition) is 3. The number of ether oxygens (including phenoxy) is 3. The SMILES string of the molecule is CC(=O)[C@@H]1C(C(=O)c2ccc(OC=O)cc2)[C@@H](c2ccccc2)[C@H]1c1ccc(C(=O)O)cc1.CC(=O)[C@H]1[C@H](C(=O)c2ccc(OC=O)cc2)[C@@H](c2ccccc2)[C@@H]1c1ccc(C(=O)O)cc1.CC(=O)[C@H]1[C@H](C(=O)c2ccc(OC=O)cc2)[C@@H](c2ccccc2)[C@@H]1c1ccc(C(=O)O)cc1. The maximum absolute atomic E-state index is 13.6. The van der Waals surface area contributed by atoms with E-state index in [2.05, 4.69) is 0 Å². The molecule has 3 saturated carbocycles. The first-order valence-electron chi connectivity index (χ1n) is 31.7. The van der Waals surface area contributed by atoms with Crippen LogP contribution in [0.15, 0.2) is 237 Å². The third-order valence-corrected chi connectivity index (χ3v) is 19.1. The predicted molar refractivity (Wildman–Crippen MR) is 361 cm³/mol. The van der Waals surface area contributed by atoms with Crippen LogP contribution in [0.3, 0.4) is 0 Å². The topological polar surface area (TPSA) is 293 Å². The summed E-state index contributed by atoms with van der Waals surface area (Å²) in [7, 11) is 0. The van der Waals surface area contributed by atoms with Crippen LogP contribution in [0.4, 0.5) is 0 Å². The normalized spacial score (nSPS) is 21.5. The van der Waals surface area contributed by atoms with E-state index in [-0.39, 0.29) is 86.9 Å². The molecule has 0 bridgehead atoms. The maximum atomic E-state index is 13.6.